The van der Waals surface area contributed by atoms with Gasteiger partial charge in [0.2, 0.25) is 5.91 Å². The first-order chi connectivity index (χ1) is 7.26. The van der Waals surface area contributed by atoms with Crippen LogP contribution in [0.5, 0.6) is 0 Å². The van der Waals surface area contributed by atoms with Crippen LogP contribution < -0.4 is 5.32 Å². The minimum Gasteiger partial charge on any atom is -0.392 e. The first-order valence-corrected chi connectivity index (χ1v) is 5.12. The van der Waals surface area contributed by atoms with E-state index in [1.54, 1.807) is 18.3 Å². The van der Waals surface area contributed by atoms with Crippen molar-refractivity contribution in [3.05, 3.63) is 23.9 Å². The molecule has 4 heteroatoms. The van der Waals surface area contributed by atoms with E-state index < -0.39 is 0 Å². The first kappa shape index (κ1) is 11.7. The Bertz CT molecular complexity index is 309. The van der Waals surface area contributed by atoms with Gasteiger partial charge in [-0.1, -0.05) is 19.4 Å². The predicted molar refractivity (Wildman–Crippen MR) is 58.3 cm³/mol. The number of hydrogen-bond acceptors (Lipinski definition) is 3. The van der Waals surface area contributed by atoms with E-state index in [1.165, 1.54) is 0 Å². The number of carbonyl (C=O) groups excluding carboxylic acids is 1. The van der Waals surface area contributed by atoms with Crippen molar-refractivity contribution >= 4 is 11.7 Å². The fraction of sp³-hybridized carbons (Fsp3) is 0.455. The number of aliphatic hydroxyl groups is 1. The van der Waals surface area contributed by atoms with Crippen LogP contribution in [0.25, 0.3) is 0 Å². The van der Waals surface area contributed by atoms with Gasteiger partial charge in [-0.2, -0.15) is 0 Å². The fourth-order valence-corrected chi connectivity index (χ4v) is 1.13. The summed E-state index contributed by atoms with van der Waals surface area (Å²) in [6.07, 6.45) is 3.97. The number of rotatable bonds is 5. The highest BCUT2D eigenvalue weighted by Crippen LogP contribution is 2.06. The number of aromatic nitrogens is 1. The maximum Gasteiger partial charge on any atom is 0.225 e. The molecule has 0 spiro atoms. The summed E-state index contributed by atoms with van der Waals surface area (Å²) in [6, 6.07) is 3.43. The highest BCUT2D eigenvalue weighted by atomic mass is 16.3. The van der Waals surface area contributed by atoms with Crippen molar-refractivity contribution in [3.8, 4) is 0 Å². The van der Waals surface area contributed by atoms with Crippen LogP contribution in [-0.4, -0.2) is 16.0 Å². The Morgan fingerprint density at radius 2 is 2.33 bits per heavy atom. The molecule has 4 nitrogen and oxygen atoms in total. The number of aliphatic hydroxyl groups excluding tert-OH is 1. The van der Waals surface area contributed by atoms with Crippen molar-refractivity contribution < 1.29 is 9.90 Å². The molecule has 0 aliphatic carbocycles. The van der Waals surface area contributed by atoms with Gasteiger partial charge in [-0.3, -0.25) is 4.79 Å². The van der Waals surface area contributed by atoms with Crippen molar-refractivity contribution in [2.45, 2.75) is 32.8 Å². The monoisotopic (exact) mass is 208 g/mol. The molecule has 2 N–H and O–H groups in total. The molecule has 1 heterocycles. The molecule has 0 saturated heterocycles. The lowest BCUT2D eigenvalue weighted by molar-refractivity contribution is -0.116. The summed E-state index contributed by atoms with van der Waals surface area (Å²) in [7, 11) is 0. The predicted octanol–water partition coefficient (Wildman–Crippen LogP) is 1.70. The normalized spacial score (nSPS) is 10.0. The maximum absolute atomic E-state index is 11.3. The minimum absolute atomic E-state index is 0.0129. The third kappa shape index (κ3) is 4.08. The summed E-state index contributed by atoms with van der Waals surface area (Å²) < 4.78 is 0. The molecular formula is C11H16N2O2. The third-order valence-electron chi connectivity index (χ3n) is 2.03. The van der Waals surface area contributed by atoms with Crippen LogP contribution in [0.1, 0.15) is 31.7 Å². The van der Waals surface area contributed by atoms with Crippen molar-refractivity contribution in [1.29, 1.82) is 0 Å². The number of hydrogen-bond donors (Lipinski definition) is 2. The Kier molecular flexibility index (Phi) is 4.77. The number of anilines is 1. The van der Waals surface area contributed by atoms with E-state index in [4.69, 9.17) is 5.11 Å². The zero-order valence-electron chi connectivity index (χ0n) is 8.86. The van der Waals surface area contributed by atoms with E-state index in [2.05, 4.69) is 10.3 Å². The van der Waals surface area contributed by atoms with E-state index in [0.29, 0.717) is 12.2 Å². The molecule has 0 aliphatic rings. The zero-order chi connectivity index (χ0) is 11.1. The molecule has 0 radical (unpaired) electrons. The number of unbranched alkanes of at least 4 members (excludes halogenated alkanes) is 1. The SMILES string of the molecule is CCCCC(=O)Nc1ccc(CO)cn1. The summed E-state index contributed by atoms with van der Waals surface area (Å²) >= 11 is 0. The summed E-state index contributed by atoms with van der Waals surface area (Å²) in [4.78, 5) is 15.3. The quantitative estimate of drug-likeness (QED) is 0.774. The van der Waals surface area contributed by atoms with Crippen LogP contribution >= 0.6 is 0 Å². The lowest BCUT2D eigenvalue weighted by atomic mass is 10.2. The molecule has 0 bridgehead atoms. The van der Waals surface area contributed by atoms with E-state index in [0.717, 1.165) is 18.4 Å². The van der Waals surface area contributed by atoms with Crippen LogP contribution in [0.2, 0.25) is 0 Å². The smallest absolute Gasteiger partial charge is 0.225 e. The standard InChI is InChI=1S/C11H16N2O2/c1-2-3-4-11(15)13-10-6-5-9(8-14)7-12-10/h5-7,14H,2-4,8H2,1H3,(H,12,13,15). The third-order valence-corrected chi connectivity index (χ3v) is 2.03. The lowest BCUT2D eigenvalue weighted by Crippen LogP contribution is -2.12. The summed E-state index contributed by atoms with van der Waals surface area (Å²) in [6.45, 7) is 2.01. The molecular weight excluding hydrogens is 192 g/mol. The van der Waals surface area contributed by atoms with Crippen LogP contribution in [0.3, 0.4) is 0 Å². The lowest BCUT2D eigenvalue weighted by Gasteiger charge is -2.03. The molecule has 0 unspecified atom stereocenters. The molecule has 0 aliphatic heterocycles. The van der Waals surface area contributed by atoms with Gasteiger partial charge in [0.25, 0.3) is 0 Å². The number of amides is 1. The van der Waals surface area contributed by atoms with Gasteiger partial charge in [0.05, 0.1) is 6.61 Å². The maximum atomic E-state index is 11.3. The second kappa shape index (κ2) is 6.14. The average molecular weight is 208 g/mol. The van der Waals surface area contributed by atoms with Gasteiger partial charge in [0.1, 0.15) is 5.82 Å². The Labute approximate surface area is 89.3 Å². The average Bonchev–Trinajstić information content (AvgIpc) is 2.27. The van der Waals surface area contributed by atoms with Gasteiger partial charge in [0.15, 0.2) is 0 Å². The summed E-state index contributed by atoms with van der Waals surface area (Å²) in [5.41, 5.74) is 0.738. The van der Waals surface area contributed by atoms with Gasteiger partial charge in [0, 0.05) is 12.6 Å². The van der Waals surface area contributed by atoms with Crippen LogP contribution in [0.15, 0.2) is 18.3 Å². The minimum atomic E-state index is -0.0307. The topological polar surface area (TPSA) is 62.2 Å². The number of pyridine rings is 1. The fourth-order valence-electron chi connectivity index (χ4n) is 1.13. The largest absolute Gasteiger partial charge is 0.392 e. The Hall–Kier alpha value is -1.42. The molecule has 1 aromatic heterocycles. The summed E-state index contributed by atoms with van der Waals surface area (Å²) in [5.74, 6) is 0.523. The van der Waals surface area contributed by atoms with E-state index in [9.17, 15) is 4.79 Å². The van der Waals surface area contributed by atoms with Gasteiger partial charge >= 0.3 is 0 Å². The second-order valence-corrected chi connectivity index (χ2v) is 3.36. The second-order valence-electron chi connectivity index (χ2n) is 3.36. The number of carbonyl (C=O) groups is 1. The summed E-state index contributed by atoms with van der Waals surface area (Å²) in [5, 5.41) is 11.5. The van der Waals surface area contributed by atoms with Crippen LogP contribution in [0, 0.1) is 0 Å². The Morgan fingerprint density at radius 3 is 2.87 bits per heavy atom. The number of nitrogens with zero attached hydrogens (tertiary/aromatic N) is 1. The van der Waals surface area contributed by atoms with Gasteiger partial charge in [-0.25, -0.2) is 4.98 Å². The van der Waals surface area contributed by atoms with E-state index in [-0.39, 0.29) is 12.5 Å². The van der Waals surface area contributed by atoms with Gasteiger partial charge in [-0.15, -0.1) is 0 Å². The molecule has 1 amide bonds. The highest BCUT2D eigenvalue weighted by Gasteiger charge is 2.01. The Balaban J connectivity index is 2.46. The van der Waals surface area contributed by atoms with Crippen molar-refractivity contribution in [1.82, 2.24) is 4.98 Å². The van der Waals surface area contributed by atoms with Crippen LogP contribution in [0.4, 0.5) is 5.82 Å². The van der Waals surface area contributed by atoms with Crippen molar-refractivity contribution in [3.63, 3.8) is 0 Å². The molecule has 0 saturated carbocycles. The Morgan fingerprint density at radius 1 is 1.53 bits per heavy atom. The van der Waals surface area contributed by atoms with E-state index in [1.807, 2.05) is 6.92 Å². The molecule has 0 fully saturated rings. The molecule has 15 heavy (non-hydrogen) atoms. The molecule has 1 aromatic rings. The highest BCUT2D eigenvalue weighted by molar-refractivity contribution is 5.89. The molecule has 0 aromatic carbocycles. The van der Waals surface area contributed by atoms with Crippen molar-refractivity contribution in [2.24, 2.45) is 0 Å². The number of nitrogens with one attached hydrogen (secondary N) is 1. The molecule has 1 rings (SSSR count). The molecule has 82 valence electrons. The van der Waals surface area contributed by atoms with E-state index >= 15 is 0 Å². The zero-order valence-corrected chi connectivity index (χ0v) is 8.86. The molecule has 0 atom stereocenters. The van der Waals surface area contributed by atoms with Gasteiger partial charge < -0.3 is 10.4 Å². The van der Waals surface area contributed by atoms with Crippen molar-refractivity contribution in [2.75, 3.05) is 5.32 Å². The van der Waals surface area contributed by atoms with Crippen LogP contribution in [-0.2, 0) is 11.4 Å². The van der Waals surface area contributed by atoms with Gasteiger partial charge in [-0.05, 0) is 18.1 Å². The first-order valence-electron chi connectivity index (χ1n) is 5.12.